The molecule has 2 heterocycles. The molecule has 0 aromatic carbocycles. The molecule has 5 nitrogen and oxygen atoms in total. The lowest BCUT2D eigenvalue weighted by atomic mass is 10.2. The van der Waals surface area contributed by atoms with Crippen molar-refractivity contribution in [1.82, 2.24) is 4.90 Å². The van der Waals surface area contributed by atoms with Gasteiger partial charge < -0.3 is 10.6 Å². The van der Waals surface area contributed by atoms with E-state index in [1.807, 2.05) is 4.90 Å². The summed E-state index contributed by atoms with van der Waals surface area (Å²) >= 11 is 0. The Morgan fingerprint density at radius 3 is 3.23 bits per heavy atom. The van der Waals surface area contributed by atoms with E-state index in [9.17, 15) is 0 Å². The number of fused-ring (bicyclic) bond motifs is 1. The van der Waals surface area contributed by atoms with Gasteiger partial charge >= 0.3 is 0 Å². The number of hydrogen-bond donors (Lipinski definition) is 1. The highest BCUT2D eigenvalue weighted by Gasteiger charge is 2.33. The fourth-order valence-electron chi connectivity index (χ4n) is 1.36. The van der Waals surface area contributed by atoms with Crippen LogP contribution in [-0.4, -0.2) is 42.2 Å². The minimum absolute atomic E-state index is 0.0893. The first-order chi connectivity index (χ1) is 6.33. The number of terminal acetylenes is 1. The Hall–Kier alpha value is -1.83. The smallest absolute Gasteiger partial charge is 0.154 e. The van der Waals surface area contributed by atoms with Gasteiger partial charge in [0.1, 0.15) is 18.2 Å². The molecule has 0 radical (unpaired) electrons. The number of nitrogens with zero attached hydrogens (tertiary/aromatic N) is 4. The third-order valence-corrected chi connectivity index (χ3v) is 2.00. The van der Waals surface area contributed by atoms with Gasteiger partial charge in [-0.05, 0) is 0 Å². The molecule has 0 bridgehead atoms. The lowest BCUT2D eigenvalue weighted by Crippen LogP contribution is -2.43. The molecule has 0 saturated carbocycles. The predicted octanol–water partition coefficient (Wildman–Crippen LogP) is -0.943. The van der Waals surface area contributed by atoms with Crippen LogP contribution in [0.25, 0.3) is 0 Å². The molecule has 2 unspecified atom stereocenters. The van der Waals surface area contributed by atoms with Gasteiger partial charge in [-0.25, -0.2) is 9.98 Å². The zero-order chi connectivity index (χ0) is 9.26. The molecule has 0 saturated heterocycles. The monoisotopic (exact) mass is 175 g/mol. The van der Waals surface area contributed by atoms with Crippen LogP contribution in [-0.2, 0) is 0 Å². The lowest BCUT2D eigenvalue weighted by molar-refractivity contribution is 0.375. The van der Waals surface area contributed by atoms with E-state index in [1.54, 1.807) is 6.34 Å². The van der Waals surface area contributed by atoms with Gasteiger partial charge in [-0.3, -0.25) is 4.99 Å². The molecule has 66 valence electrons. The maximum atomic E-state index is 5.64. The van der Waals surface area contributed by atoms with Gasteiger partial charge in [-0.1, -0.05) is 5.92 Å². The summed E-state index contributed by atoms with van der Waals surface area (Å²) in [6.45, 7) is 0.495. The van der Waals surface area contributed by atoms with E-state index in [0.29, 0.717) is 12.4 Å². The summed E-state index contributed by atoms with van der Waals surface area (Å²) in [5, 5.41) is 0. The fourth-order valence-corrected chi connectivity index (χ4v) is 1.36. The van der Waals surface area contributed by atoms with Crippen molar-refractivity contribution in [3.8, 4) is 12.3 Å². The van der Waals surface area contributed by atoms with Crippen molar-refractivity contribution >= 4 is 18.5 Å². The van der Waals surface area contributed by atoms with Crippen LogP contribution in [0.4, 0.5) is 0 Å². The predicted molar refractivity (Wildman–Crippen MR) is 51.7 cm³/mol. The summed E-state index contributed by atoms with van der Waals surface area (Å²) in [6.07, 6.45) is 8.24. The van der Waals surface area contributed by atoms with Crippen molar-refractivity contribution in [3.05, 3.63) is 0 Å². The minimum Gasteiger partial charge on any atom is -0.385 e. The molecular formula is C8H9N5. The molecular weight excluding hydrogens is 166 g/mol. The van der Waals surface area contributed by atoms with Crippen molar-refractivity contribution in [2.24, 2.45) is 20.7 Å². The maximum absolute atomic E-state index is 5.64. The van der Waals surface area contributed by atoms with Gasteiger partial charge in [0.05, 0.1) is 12.9 Å². The van der Waals surface area contributed by atoms with E-state index in [4.69, 9.17) is 12.2 Å². The first kappa shape index (κ1) is 7.80. The number of amidine groups is 1. The number of nitrogens with two attached hydrogens (primary N) is 1. The third-order valence-electron chi connectivity index (χ3n) is 2.00. The second-order valence-electron chi connectivity index (χ2n) is 2.82. The summed E-state index contributed by atoms with van der Waals surface area (Å²) in [7, 11) is 0. The van der Waals surface area contributed by atoms with E-state index in [1.165, 1.54) is 6.34 Å². The van der Waals surface area contributed by atoms with Crippen molar-refractivity contribution in [2.75, 3.05) is 6.54 Å². The van der Waals surface area contributed by atoms with Crippen LogP contribution in [0.1, 0.15) is 0 Å². The normalized spacial score (nSPS) is 29.8. The van der Waals surface area contributed by atoms with Crippen molar-refractivity contribution in [3.63, 3.8) is 0 Å². The Balaban J connectivity index is 2.19. The van der Waals surface area contributed by atoms with Gasteiger partial charge in [-0.2, -0.15) is 0 Å². The standard InChI is InChI=1S/C8H9N5/c1-2-3-13-5-12-6-7(9)10-4-11-8(6)13/h1,4-6,8H,3H2,(H2,9,10,11). The summed E-state index contributed by atoms with van der Waals surface area (Å²) < 4.78 is 0. The Morgan fingerprint density at radius 2 is 2.46 bits per heavy atom. The molecule has 5 heteroatoms. The molecule has 2 N–H and O–H groups in total. The van der Waals surface area contributed by atoms with Crippen LogP contribution >= 0.6 is 0 Å². The molecule has 0 amide bonds. The molecule has 2 atom stereocenters. The van der Waals surface area contributed by atoms with E-state index < -0.39 is 0 Å². The largest absolute Gasteiger partial charge is 0.385 e. The third kappa shape index (κ3) is 1.16. The highest BCUT2D eigenvalue weighted by atomic mass is 15.3. The van der Waals surface area contributed by atoms with Crippen LogP contribution in [0.5, 0.6) is 0 Å². The zero-order valence-electron chi connectivity index (χ0n) is 6.96. The van der Waals surface area contributed by atoms with E-state index in [-0.39, 0.29) is 12.2 Å². The molecule has 13 heavy (non-hydrogen) atoms. The molecule has 0 spiro atoms. The van der Waals surface area contributed by atoms with Gasteiger partial charge in [0.2, 0.25) is 0 Å². The molecule has 0 aromatic heterocycles. The topological polar surface area (TPSA) is 66.3 Å². The quantitative estimate of drug-likeness (QED) is 0.522. The molecule has 2 aliphatic rings. The molecule has 2 rings (SSSR count). The maximum Gasteiger partial charge on any atom is 0.154 e. The molecule has 0 fully saturated rings. The zero-order valence-corrected chi connectivity index (χ0v) is 6.96. The first-order valence-corrected chi connectivity index (χ1v) is 3.90. The van der Waals surface area contributed by atoms with Gasteiger partial charge in [-0.15, -0.1) is 6.42 Å². The average Bonchev–Trinajstić information content (AvgIpc) is 2.51. The minimum atomic E-state index is -0.154. The first-order valence-electron chi connectivity index (χ1n) is 3.90. The summed E-state index contributed by atoms with van der Waals surface area (Å²) in [5.41, 5.74) is 5.64. The lowest BCUT2D eigenvalue weighted by Gasteiger charge is -2.23. The molecule has 0 aliphatic carbocycles. The Kier molecular flexibility index (Phi) is 1.74. The van der Waals surface area contributed by atoms with Gasteiger partial charge in [0.15, 0.2) is 6.17 Å². The van der Waals surface area contributed by atoms with Gasteiger partial charge in [0, 0.05) is 0 Å². The van der Waals surface area contributed by atoms with Crippen molar-refractivity contribution in [2.45, 2.75) is 12.2 Å². The van der Waals surface area contributed by atoms with Crippen LogP contribution in [0.3, 0.4) is 0 Å². The highest BCUT2D eigenvalue weighted by molar-refractivity contribution is 5.96. The summed E-state index contributed by atoms with van der Waals surface area (Å²) in [4.78, 5) is 14.1. The summed E-state index contributed by atoms with van der Waals surface area (Å²) in [5.74, 6) is 3.03. The second-order valence-corrected chi connectivity index (χ2v) is 2.82. The number of rotatable bonds is 1. The van der Waals surface area contributed by atoms with Crippen LogP contribution in [0.2, 0.25) is 0 Å². The fraction of sp³-hybridized carbons (Fsp3) is 0.375. The van der Waals surface area contributed by atoms with E-state index in [2.05, 4.69) is 20.9 Å². The van der Waals surface area contributed by atoms with Gasteiger partial charge in [0.25, 0.3) is 0 Å². The Labute approximate surface area is 76.1 Å². The SMILES string of the molecule is C#CCN1C=NC2C(N)=NC=NC21. The molecule has 0 aromatic rings. The van der Waals surface area contributed by atoms with Crippen molar-refractivity contribution < 1.29 is 0 Å². The number of hydrogen-bond acceptors (Lipinski definition) is 5. The Morgan fingerprint density at radius 1 is 1.62 bits per heavy atom. The van der Waals surface area contributed by atoms with Crippen LogP contribution in [0.15, 0.2) is 15.0 Å². The van der Waals surface area contributed by atoms with Crippen molar-refractivity contribution in [1.29, 1.82) is 0 Å². The van der Waals surface area contributed by atoms with E-state index >= 15 is 0 Å². The van der Waals surface area contributed by atoms with E-state index in [0.717, 1.165) is 0 Å². The summed E-state index contributed by atoms with van der Waals surface area (Å²) in [6, 6.07) is -0.154. The average molecular weight is 175 g/mol. The second kappa shape index (κ2) is 2.90. The highest BCUT2D eigenvalue weighted by Crippen LogP contribution is 2.16. The van der Waals surface area contributed by atoms with Crippen LogP contribution < -0.4 is 5.73 Å². The number of aliphatic imine (C=N–C) groups is 3. The van der Waals surface area contributed by atoms with Crippen LogP contribution in [0, 0.1) is 12.3 Å². The molecule has 2 aliphatic heterocycles. The Bertz CT molecular complexity index is 335.